The van der Waals surface area contributed by atoms with Gasteiger partial charge in [-0.05, 0) is 59.2 Å². The lowest BCUT2D eigenvalue weighted by Gasteiger charge is -2.29. The predicted octanol–water partition coefficient (Wildman–Crippen LogP) is 5.96. The predicted molar refractivity (Wildman–Crippen MR) is 154 cm³/mol. The van der Waals surface area contributed by atoms with E-state index in [0.29, 0.717) is 30.0 Å². The van der Waals surface area contributed by atoms with E-state index in [4.69, 9.17) is 4.74 Å². The Balaban J connectivity index is 1.82. The molecule has 2 heterocycles. The lowest BCUT2D eigenvalue weighted by Crippen LogP contribution is -2.34. The highest BCUT2D eigenvalue weighted by atomic mass is 32.1. The number of thiophene rings is 1. The maximum atomic E-state index is 13.6. The van der Waals surface area contributed by atoms with Gasteiger partial charge in [0.25, 0.3) is 11.8 Å². The van der Waals surface area contributed by atoms with Crippen molar-refractivity contribution in [3.05, 3.63) is 87.3 Å². The highest BCUT2D eigenvalue weighted by molar-refractivity contribution is 7.10. The summed E-state index contributed by atoms with van der Waals surface area (Å²) in [6.45, 7) is 6.61. The number of rotatable bonds is 10. The minimum atomic E-state index is -0.950. The van der Waals surface area contributed by atoms with Crippen molar-refractivity contribution in [2.75, 3.05) is 32.2 Å². The molecule has 2 amide bonds. The van der Waals surface area contributed by atoms with Gasteiger partial charge in [0.15, 0.2) is 11.5 Å². The van der Waals surface area contributed by atoms with E-state index in [0.717, 1.165) is 11.1 Å². The molecule has 204 valence electrons. The lowest BCUT2D eigenvalue weighted by atomic mass is 9.89. The number of methoxy groups -OCH3 is 1. The Morgan fingerprint density at radius 3 is 2.41 bits per heavy atom. The number of hydrogen-bond donors (Lipinski definition) is 1. The summed E-state index contributed by atoms with van der Waals surface area (Å²) < 4.78 is 5.13. The standard InChI is InChI=1S/C31H34N2O5S/c1-19(2)16-26(34)27-28(24-8-6-7-9-25(24)30(36)32(4)14-15-38-5)33(31(37)29(27)35)23-12-10-21(11-13-23)22-17-20(3)39-18-22/h6-13,17-19,28,35H,14-16H2,1-5H3. The average molecular weight is 547 g/mol. The molecule has 0 saturated carbocycles. The molecule has 2 aromatic carbocycles. The summed E-state index contributed by atoms with van der Waals surface area (Å²) >= 11 is 1.66. The molecule has 1 aromatic heterocycles. The monoisotopic (exact) mass is 546 g/mol. The van der Waals surface area contributed by atoms with Gasteiger partial charge < -0.3 is 14.7 Å². The molecule has 1 aliphatic rings. The fraction of sp³-hybridized carbons (Fsp3) is 0.323. The van der Waals surface area contributed by atoms with E-state index in [1.54, 1.807) is 54.7 Å². The number of hydrogen-bond acceptors (Lipinski definition) is 6. The molecule has 0 radical (unpaired) electrons. The topological polar surface area (TPSA) is 87.1 Å². The van der Waals surface area contributed by atoms with E-state index >= 15 is 0 Å². The zero-order valence-electron chi connectivity index (χ0n) is 22.9. The number of carbonyl (C=O) groups excluding carboxylic acids is 3. The van der Waals surface area contributed by atoms with Crippen LogP contribution in [0.15, 0.2) is 71.3 Å². The quantitative estimate of drug-likeness (QED) is 0.339. The zero-order chi connectivity index (χ0) is 28.3. The first-order valence-corrected chi connectivity index (χ1v) is 13.8. The van der Waals surface area contributed by atoms with Crippen LogP contribution in [0.2, 0.25) is 0 Å². The van der Waals surface area contributed by atoms with Gasteiger partial charge in [-0.25, -0.2) is 0 Å². The van der Waals surface area contributed by atoms with E-state index in [9.17, 15) is 19.5 Å². The second kappa shape index (κ2) is 12.0. The fourth-order valence-corrected chi connectivity index (χ4v) is 5.52. The molecule has 8 heteroatoms. The molecule has 39 heavy (non-hydrogen) atoms. The second-order valence-corrected chi connectivity index (χ2v) is 11.3. The number of Topliss-reactive ketones (excluding diaryl/α,β-unsaturated/α-hetero) is 1. The first-order chi connectivity index (χ1) is 18.6. The van der Waals surface area contributed by atoms with Crippen molar-refractivity contribution in [1.82, 2.24) is 4.90 Å². The van der Waals surface area contributed by atoms with Crippen LogP contribution in [0.3, 0.4) is 0 Å². The molecule has 4 rings (SSSR count). The summed E-state index contributed by atoms with van der Waals surface area (Å²) in [4.78, 5) is 44.7. The van der Waals surface area contributed by atoms with E-state index in [2.05, 4.69) is 11.4 Å². The van der Waals surface area contributed by atoms with Gasteiger partial charge in [-0.2, -0.15) is 0 Å². The largest absolute Gasteiger partial charge is 0.503 e. The SMILES string of the molecule is COCCN(C)C(=O)c1ccccc1C1C(C(=O)CC(C)C)=C(O)C(=O)N1c1ccc(-c2csc(C)c2)cc1. The third-order valence-corrected chi connectivity index (χ3v) is 7.64. The van der Waals surface area contributed by atoms with Crippen molar-refractivity contribution in [3.63, 3.8) is 0 Å². The molecule has 0 aliphatic carbocycles. The number of likely N-dealkylation sites (N-methyl/N-ethyl adjacent to an activating group) is 1. The van der Waals surface area contributed by atoms with Crippen LogP contribution in [0.25, 0.3) is 11.1 Å². The molecule has 7 nitrogen and oxygen atoms in total. The van der Waals surface area contributed by atoms with E-state index in [1.807, 2.05) is 45.0 Å². The summed E-state index contributed by atoms with van der Waals surface area (Å²) in [5.74, 6) is -1.80. The number of aliphatic hydroxyl groups excluding tert-OH is 1. The third kappa shape index (κ3) is 5.82. The summed E-state index contributed by atoms with van der Waals surface area (Å²) in [7, 11) is 3.25. The number of ether oxygens (including phenoxy) is 1. The van der Waals surface area contributed by atoms with Crippen molar-refractivity contribution in [1.29, 1.82) is 0 Å². The van der Waals surface area contributed by atoms with Gasteiger partial charge in [-0.15, -0.1) is 11.3 Å². The molecule has 3 aromatic rings. The minimum absolute atomic E-state index is 0.0195. The maximum Gasteiger partial charge on any atom is 0.294 e. The second-order valence-electron chi connectivity index (χ2n) is 10.2. The van der Waals surface area contributed by atoms with Gasteiger partial charge in [0, 0.05) is 43.3 Å². The van der Waals surface area contributed by atoms with E-state index in [1.165, 1.54) is 9.78 Å². The van der Waals surface area contributed by atoms with Gasteiger partial charge in [-0.3, -0.25) is 19.3 Å². The summed E-state index contributed by atoms with van der Waals surface area (Å²) in [5, 5.41) is 13.1. The first-order valence-electron chi connectivity index (χ1n) is 12.9. The van der Waals surface area contributed by atoms with Crippen molar-refractivity contribution in [3.8, 4) is 11.1 Å². The van der Waals surface area contributed by atoms with Crippen LogP contribution >= 0.6 is 11.3 Å². The molecule has 1 N–H and O–H groups in total. The first kappa shape index (κ1) is 28.3. The fourth-order valence-electron chi connectivity index (χ4n) is 4.81. The Kier molecular flexibility index (Phi) is 8.67. The third-order valence-electron chi connectivity index (χ3n) is 6.77. The van der Waals surface area contributed by atoms with Crippen molar-refractivity contribution < 1.29 is 24.2 Å². The van der Waals surface area contributed by atoms with Crippen LogP contribution in [0.4, 0.5) is 5.69 Å². The summed E-state index contributed by atoms with van der Waals surface area (Å²) in [5.41, 5.74) is 3.45. The van der Waals surface area contributed by atoms with Crippen LogP contribution in [0.5, 0.6) is 0 Å². The number of ketones is 1. The molecule has 0 fully saturated rings. The highest BCUT2D eigenvalue weighted by Gasteiger charge is 2.45. The van der Waals surface area contributed by atoms with Crippen LogP contribution in [-0.4, -0.2) is 54.9 Å². The number of nitrogens with zero attached hydrogens (tertiary/aromatic N) is 2. The van der Waals surface area contributed by atoms with Gasteiger partial charge >= 0.3 is 0 Å². The Morgan fingerprint density at radius 1 is 1.10 bits per heavy atom. The van der Waals surface area contributed by atoms with Crippen molar-refractivity contribution in [2.24, 2.45) is 5.92 Å². The van der Waals surface area contributed by atoms with Gasteiger partial charge in [0.1, 0.15) is 0 Å². The summed E-state index contributed by atoms with van der Waals surface area (Å²) in [6, 6.07) is 15.6. The van der Waals surface area contributed by atoms with Gasteiger partial charge in [0.05, 0.1) is 18.2 Å². The number of anilines is 1. The van der Waals surface area contributed by atoms with E-state index < -0.39 is 17.7 Å². The van der Waals surface area contributed by atoms with Crippen LogP contribution < -0.4 is 4.90 Å². The molecular formula is C31H34N2O5S. The lowest BCUT2D eigenvalue weighted by molar-refractivity contribution is -0.118. The van der Waals surface area contributed by atoms with Crippen molar-refractivity contribution in [2.45, 2.75) is 33.2 Å². The smallest absolute Gasteiger partial charge is 0.294 e. The molecular weight excluding hydrogens is 512 g/mol. The molecule has 0 saturated heterocycles. The average Bonchev–Trinajstić information content (AvgIpc) is 3.47. The molecule has 1 unspecified atom stereocenters. The molecule has 0 bridgehead atoms. The number of carbonyl (C=O) groups is 3. The molecule has 0 spiro atoms. The van der Waals surface area contributed by atoms with Gasteiger partial charge in [0.2, 0.25) is 0 Å². The van der Waals surface area contributed by atoms with Crippen molar-refractivity contribution >= 4 is 34.6 Å². The maximum absolute atomic E-state index is 13.6. The van der Waals surface area contributed by atoms with Crippen LogP contribution in [0, 0.1) is 12.8 Å². The number of benzene rings is 2. The molecule has 1 atom stereocenters. The highest BCUT2D eigenvalue weighted by Crippen LogP contribution is 2.43. The zero-order valence-corrected chi connectivity index (χ0v) is 23.7. The summed E-state index contributed by atoms with van der Waals surface area (Å²) in [6.07, 6.45) is 0.164. The van der Waals surface area contributed by atoms with Gasteiger partial charge in [-0.1, -0.05) is 44.2 Å². The normalized spacial score (nSPS) is 15.4. The van der Waals surface area contributed by atoms with E-state index in [-0.39, 0.29) is 29.6 Å². The van der Waals surface area contributed by atoms with Crippen LogP contribution in [-0.2, 0) is 14.3 Å². The Morgan fingerprint density at radius 2 is 1.79 bits per heavy atom. The number of aliphatic hydroxyl groups is 1. The number of aryl methyl sites for hydroxylation is 1. The minimum Gasteiger partial charge on any atom is -0.503 e. The van der Waals surface area contributed by atoms with Crippen LogP contribution in [0.1, 0.15) is 47.1 Å². The Hall–Kier alpha value is -3.75. The Bertz CT molecular complexity index is 1410. The number of amides is 2. The Labute approximate surface area is 233 Å². The molecule has 1 aliphatic heterocycles.